The maximum absolute atomic E-state index is 9.60. The van der Waals surface area contributed by atoms with Crippen molar-refractivity contribution in [2.24, 2.45) is 23.2 Å². The van der Waals surface area contributed by atoms with Gasteiger partial charge in [0.05, 0.1) is 11.5 Å². The molecule has 0 saturated heterocycles. The van der Waals surface area contributed by atoms with Gasteiger partial charge in [0.25, 0.3) is 0 Å². The highest BCUT2D eigenvalue weighted by Crippen LogP contribution is 2.47. The molecular weight excluding hydrogens is 230 g/mol. The van der Waals surface area contributed by atoms with Crippen molar-refractivity contribution in [1.29, 1.82) is 5.26 Å². The van der Waals surface area contributed by atoms with Gasteiger partial charge < -0.3 is 0 Å². The van der Waals surface area contributed by atoms with E-state index < -0.39 is 0 Å². The van der Waals surface area contributed by atoms with Gasteiger partial charge in [-0.3, -0.25) is 0 Å². The molecule has 2 fully saturated rings. The Labute approximate surface area is 119 Å². The number of nitrogens with zero attached hydrogens (tertiary/aromatic N) is 1. The molecule has 1 nitrogen and oxygen atoms in total. The molecule has 0 aliphatic heterocycles. The summed E-state index contributed by atoms with van der Waals surface area (Å²) in [6, 6.07) is 2.70. The summed E-state index contributed by atoms with van der Waals surface area (Å²) in [5, 5.41) is 9.60. The normalized spacial score (nSPS) is 33.3. The minimum absolute atomic E-state index is 0.0371. The fourth-order valence-corrected chi connectivity index (χ4v) is 4.25. The summed E-state index contributed by atoms with van der Waals surface area (Å²) >= 11 is 0. The Morgan fingerprint density at radius 2 is 1.58 bits per heavy atom. The number of rotatable bonds is 4. The molecule has 19 heavy (non-hydrogen) atoms. The molecule has 2 aliphatic carbocycles. The summed E-state index contributed by atoms with van der Waals surface area (Å²) in [7, 11) is 0. The monoisotopic (exact) mass is 261 g/mol. The van der Waals surface area contributed by atoms with Gasteiger partial charge in [-0.2, -0.15) is 5.26 Å². The minimum atomic E-state index is 0.0371. The van der Waals surface area contributed by atoms with Crippen LogP contribution in [0.3, 0.4) is 0 Å². The molecule has 0 unspecified atom stereocenters. The lowest BCUT2D eigenvalue weighted by molar-refractivity contribution is 0.127. The topological polar surface area (TPSA) is 23.8 Å². The second-order valence-corrected chi connectivity index (χ2v) is 7.56. The van der Waals surface area contributed by atoms with Gasteiger partial charge in [0.2, 0.25) is 0 Å². The molecule has 0 bridgehead atoms. The molecule has 0 amide bonds. The van der Waals surface area contributed by atoms with E-state index in [0.717, 1.165) is 24.2 Å². The van der Waals surface area contributed by atoms with Crippen molar-refractivity contribution in [3.63, 3.8) is 0 Å². The predicted octanol–water partition coefficient (Wildman–Crippen LogP) is 5.70. The molecule has 0 N–H and O–H groups in total. The van der Waals surface area contributed by atoms with Crippen molar-refractivity contribution in [3.05, 3.63) is 0 Å². The van der Waals surface area contributed by atoms with E-state index in [-0.39, 0.29) is 5.41 Å². The summed E-state index contributed by atoms with van der Waals surface area (Å²) in [5.41, 5.74) is 0.0371. The smallest absolute Gasteiger partial charge is 0.0689 e. The lowest BCUT2D eigenvalue weighted by Gasteiger charge is -2.39. The zero-order chi connectivity index (χ0) is 13.7. The average molecular weight is 261 g/mol. The summed E-state index contributed by atoms with van der Waals surface area (Å²) in [6.45, 7) is 4.55. The molecule has 0 aromatic heterocycles. The van der Waals surface area contributed by atoms with E-state index in [1.165, 1.54) is 64.2 Å². The summed E-state index contributed by atoms with van der Waals surface area (Å²) in [5.74, 6) is 2.68. The molecular formula is C18H31N. The Hall–Kier alpha value is -0.510. The zero-order valence-electron chi connectivity index (χ0n) is 13.0. The third-order valence-corrected chi connectivity index (χ3v) is 5.74. The van der Waals surface area contributed by atoms with E-state index in [4.69, 9.17) is 0 Å². The van der Waals surface area contributed by atoms with Crippen LogP contribution in [0.2, 0.25) is 0 Å². The standard InChI is InChI=1S/C18H31N/c1-15(2)8-11-18(14-19)12-9-17(10-13-18)16-6-4-3-5-7-16/h15-17H,3-13H2,1-2H3. The van der Waals surface area contributed by atoms with Crippen LogP contribution < -0.4 is 0 Å². The molecule has 2 saturated carbocycles. The third kappa shape index (κ3) is 3.98. The Morgan fingerprint density at radius 3 is 2.11 bits per heavy atom. The Kier molecular flexibility index (Phi) is 5.31. The SMILES string of the molecule is CC(C)CCC1(C#N)CCC(C2CCCCC2)CC1. The fraction of sp³-hybridized carbons (Fsp3) is 0.944. The van der Waals surface area contributed by atoms with Crippen LogP contribution in [0.1, 0.15) is 84.5 Å². The highest BCUT2D eigenvalue weighted by atomic mass is 14.4. The Bertz CT molecular complexity index is 298. The van der Waals surface area contributed by atoms with Gasteiger partial charge in [-0.25, -0.2) is 0 Å². The molecule has 0 aromatic carbocycles. The molecule has 0 spiro atoms. The van der Waals surface area contributed by atoms with Gasteiger partial charge in [0, 0.05) is 0 Å². The van der Waals surface area contributed by atoms with Gasteiger partial charge in [0.1, 0.15) is 0 Å². The lowest BCUT2D eigenvalue weighted by atomic mass is 9.64. The largest absolute Gasteiger partial charge is 0.198 e. The van der Waals surface area contributed by atoms with E-state index in [0.29, 0.717) is 0 Å². The van der Waals surface area contributed by atoms with Crippen LogP contribution in [0, 0.1) is 34.5 Å². The van der Waals surface area contributed by atoms with Crippen molar-refractivity contribution in [2.75, 3.05) is 0 Å². The molecule has 2 rings (SSSR count). The summed E-state index contributed by atoms with van der Waals surface area (Å²) in [4.78, 5) is 0. The second-order valence-electron chi connectivity index (χ2n) is 7.56. The van der Waals surface area contributed by atoms with Crippen LogP contribution in [0.5, 0.6) is 0 Å². The highest BCUT2D eigenvalue weighted by molar-refractivity contribution is 5.02. The molecule has 2 aliphatic rings. The van der Waals surface area contributed by atoms with Crippen molar-refractivity contribution < 1.29 is 0 Å². The van der Waals surface area contributed by atoms with Crippen LogP contribution in [-0.2, 0) is 0 Å². The highest BCUT2D eigenvalue weighted by Gasteiger charge is 2.37. The van der Waals surface area contributed by atoms with Gasteiger partial charge in [-0.05, 0) is 56.3 Å². The van der Waals surface area contributed by atoms with E-state index in [2.05, 4.69) is 19.9 Å². The van der Waals surface area contributed by atoms with E-state index in [9.17, 15) is 5.26 Å². The van der Waals surface area contributed by atoms with E-state index >= 15 is 0 Å². The summed E-state index contributed by atoms with van der Waals surface area (Å²) in [6.07, 6.45) is 14.7. The maximum atomic E-state index is 9.60. The average Bonchev–Trinajstić information content (AvgIpc) is 2.47. The first-order valence-corrected chi connectivity index (χ1v) is 8.56. The van der Waals surface area contributed by atoms with Gasteiger partial charge >= 0.3 is 0 Å². The lowest BCUT2D eigenvalue weighted by Crippen LogP contribution is -2.30. The Morgan fingerprint density at radius 1 is 1.00 bits per heavy atom. The second kappa shape index (κ2) is 6.78. The Balaban J connectivity index is 1.84. The molecule has 108 valence electrons. The summed E-state index contributed by atoms with van der Waals surface area (Å²) < 4.78 is 0. The first-order chi connectivity index (χ1) is 9.15. The first kappa shape index (κ1) is 14.9. The van der Waals surface area contributed by atoms with Crippen LogP contribution >= 0.6 is 0 Å². The van der Waals surface area contributed by atoms with Crippen LogP contribution in [0.25, 0.3) is 0 Å². The predicted molar refractivity (Wildman–Crippen MR) is 80.7 cm³/mol. The third-order valence-electron chi connectivity index (χ3n) is 5.74. The fourth-order valence-electron chi connectivity index (χ4n) is 4.25. The van der Waals surface area contributed by atoms with Crippen molar-refractivity contribution in [3.8, 4) is 6.07 Å². The van der Waals surface area contributed by atoms with Crippen LogP contribution in [-0.4, -0.2) is 0 Å². The number of nitriles is 1. The quantitative estimate of drug-likeness (QED) is 0.636. The van der Waals surface area contributed by atoms with Crippen molar-refractivity contribution in [1.82, 2.24) is 0 Å². The molecule has 0 heterocycles. The minimum Gasteiger partial charge on any atom is -0.198 e. The van der Waals surface area contributed by atoms with Crippen LogP contribution in [0.15, 0.2) is 0 Å². The van der Waals surface area contributed by atoms with Gasteiger partial charge in [-0.1, -0.05) is 46.0 Å². The van der Waals surface area contributed by atoms with E-state index in [1.54, 1.807) is 0 Å². The first-order valence-electron chi connectivity index (χ1n) is 8.56. The maximum Gasteiger partial charge on any atom is 0.0689 e. The zero-order valence-corrected chi connectivity index (χ0v) is 13.0. The number of hydrogen-bond donors (Lipinski definition) is 0. The molecule has 1 heteroatoms. The van der Waals surface area contributed by atoms with Crippen molar-refractivity contribution >= 4 is 0 Å². The van der Waals surface area contributed by atoms with Gasteiger partial charge in [-0.15, -0.1) is 0 Å². The number of hydrogen-bond acceptors (Lipinski definition) is 1. The van der Waals surface area contributed by atoms with Crippen molar-refractivity contribution in [2.45, 2.75) is 84.5 Å². The molecule has 0 aromatic rings. The molecule has 0 atom stereocenters. The van der Waals surface area contributed by atoms with Crippen LogP contribution in [0.4, 0.5) is 0 Å². The van der Waals surface area contributed by atoms with Gasteiger partial charge in [0.15, 0.2) is 0 Å². The molecule has 0 radical (unpaired) electrons. The van der Waals surface area contributed by atoms with E-state index in [1.807, 2.05) is 0 Å².